The Balaban J connectivity index is 1.48. The third kappa shape index (κ3) is 5.40. The van der Waals surface area contributed by atoms with Gasteiger partial charge in [0.25, 0.3) is 10.2 Å². The molecule has 25 heavy (non-hydrogen) atoms. The van der Waals surface area contributed by atoms with Gasteiger partial charge in [-0.1, -0.05) is 30.3 Å². The van der Waals surface area contributed by atoms with E-state index in [1.165, 1.54) is 11.3 Å². The van der Waals surface area contributed by atoms with E-state index in [0.717, 1.165) is 16.3 Å². The third-order valence-corrected chi connectivity index (χ3v) is 5.34. The minimum atomic E-state index is -3.54. The summed E-state index contributed by atoms with van der Waals surface area (Å²) in [6.07, 6.45) is 5.38. The predicted octanol–water partition coefficient (Wildman–Crippen LogP) is 1.77. The lowest BCUT2D eigenvalue weighted by Gasteiger charge is -2.07. The van der Waals surface area contributed by atoms with Crippen molar-refractivity contribution in [3.05, 3.63) is 65.6 Å². The van der Waals surface area contributed by atoms with Crippen LogP contribution in [-0.2, 0) is 23.2 Å². The molecule has 0 amide bonds. The molecule has 0 spiro atoms. The Hall–Kier alpha value is -2.20. The fourth-order valence-electron chi connectivity index (χ4n) is 2.09. The van der Waals surface area contributed by atoms with Crippen molar-refractivity contribution in [1.29, 1.82) is 0 Å². The van der Waals surface area contributed by atoms with Crippen LogP contribution in [0.5, 0.6) is 0 Å². The summed E-state index contributed by atoms with van der Waals surface area (Å²) in [6, 6.07) is 9.36. The van der Waals surface area contributed by atoms with E-state index in [2.05, 4.69) is 24.4 Å². The first-order valence-corrected chi connectivity index (χ1v) is 9.98. The topological polar surface area (TPSA) is 96.9 Å². The van der Waals surface area contributed by atoms with Crippen molar-refractivity contribution in [3.8, 4) is 10.7 Å². The van der Waals surface area contributed by atoms with Gasteiger partial charge in [0.05, 0.1) is 11.9 Å². The maximum atomic E-state index is 12.0. The summed E-state index contributed by atoms with van der Waals surface area (Å²) in [7, 11) is -3.54. The molecule has 0 atom stereocenters. The van der Waals surface area contributed by atoms with Gasteiger partial charge in [-0.25, -0.2) is 9.71 Å². The van der Waals surface area contributed by atoms with Crippen molar-refractivity contribution in [2.75, 3.05) is 6.54 Å². The van der Waals surface area contributed by atoms with Crippen molar-refractivity contribution < 1.29 is 8.42 Å². The van der Waals surface area contributed by atoms with Crippen LogP contribution < -0.4 is 9.44 Å². The highest BCUT2D eigenvalue weighted by atomic mass is 32.2. The summed E-state index contributed by atoms with van der Waals surface area (Å²) in [5.41, 5.74) is 2.43. The van der Waals surface area contributed by atoms with Crippen molar-refractivity contribution in [1.82, 2.24) is 24.4 Å². The molecule has 2 aromatic heterocycles. The van der Waals surface area contributed by atoms with E-state index < -0.39 is 10.2 Å². The quantitative estimate of drug-likeness (QED) is 0.625. The highest BCUT2D eigenvalue weighted by Gasteiger charge is 2.10. The van der Waals surface area contributed by atoms with Crippen LogP contribution in [0.1, 0.15) is 11.3 Å². The molecule has 0 bridgehead atoms. The van der Waals surface area contributed by atoms with Gasteiger partial charge in [0.15, 0.2) is 0 Å². The van der Waals surface area contributed by atoms with Crippen LogP contribution in [0.25, 0.3) is 10.7 Å². The molecule has 0 aliphatic heterocycles. The van der Waals surface area contributed by atoms with Crippen LogP contribution in [0.4, 0.5) is 0 Å². The minimum absolute atomic E-state index is 0.254. The van der Waals surface area contributed by atoms with E-state index in [1.807, 2.05) is 35.7 Å². The predicted molar refractivity (Wildman–Crippen MR) is 97.0 cm³/mol. The zero-order valence-electron chi connectivity index (χ0n) is 13.3. The van der Waals surface area contributed by atoms with Crippen molar-refractivity contribution in [2.45, 2.75) is 13.0 Å². The Morgan fingerprint density at radius 1 is 1.08 bits per heavy atom. The highest BCUT2D eigenvalue weighted by molar-refractivity contribution is 7.87. The number of nitrogens with one attached hydrogen (secondary N) is 2. The van der Waals surface area contributed by atoms with Crippen LogP contribution in [-0.4, -0.2) is 29.9 Å². The molecule has 3 rings (SSSR count). The van der Waals surface area contributed by atoms with Gasteiger partial charge < -0.3 is 0 Å². The van der Waals surface area contributed by atoms with Gasteiger partial charge in [-0.2, -0.15) is 13.1 Å². The largest absolute Gasteiger partial charge is 0.277 e. The van der Waals surface area contributed by atoms with Crippen LogP contribution >= 0.6 is 11.3 Å². The lowest BCUT2D eigenvalue weighted by molar-refractivity contribution is 0.566. The van der Waals surface area contributed by atoms with E-state index in [4.69, 9.17) is 0 Å². The monoisotopic (exact) mass is 375 g/mol. The smallest absolute Gasteiger partial charge is 0.261 e. The highest BCUT2D eigenvalue weighted by Crippen LogP contribution is 2.20. The molecule has 2 N–H and O–H groups in total. The van der Waals surface area contributed by atoms with Gasteiger partial charge in [0, 0.05) is 37.3 Å². The van der Waals surface area contributed by atoms with E-state index in [9.17, 15) is 8.42 Å². The molecular weight excluding hydrogens is 358 g/mol. The van der Waals surface area contributed by atoms with Crippen LogP contribution in [0, 0.1) is 0 Å². The van der Waals surface area contributed by atoms with E-state index in [-0.39, 0.29) is 13.1 Å². The summed E-state index contributed by atoms with van der Waals surface area (Å²) in [6.45, 7) is 0.525. The molecule has 0 saturated carbocycles. The molecule has 130 valence electrons. The summed E-state index contributed by atoms with van der Waals surface area (Å²) in [5.74, 6) is 0. The second kappa shape index (κ2) is 8.26. The van der Waals surface area contributed by atoms with Gasteiger partial charge in [-0.05, 0) is 5.56 Å². The number of benzene rings is 1. The lowest BCUT2D eigenvalue weighted by Crippen LogP contribution is -2.37. The SMILES string of the molecule is O=S(=O)(NCCc1csc(-c2cnccn2)n1)NCc1ccccc1. The molecule has 3 aromatic rings. The first kappa shape index (κ1) is 17.6. The molecule has 1 aromatic carbocycles. The van der Waals surface area contributed by atoms with E-state index in [0.29, 0.717) is 12.1 Å². The number of rotatable bonds is 8. The zero-order chi connectivity index (χ0) is 17.5. The number of nitrogens with zero attached hydrogens (tertiary/aromatic N) is 3. The van der Waals surface area contributed by atoms with Crippen molar-refractivity contribution in [2.24, 2.45) is 0 Å². The number of aromatic nitrogens is 3. The molecular formula is C16H17N5O2S2. The standard InChI is InChI=1S/C16H17N5O2S2/c22-25(23,20-10-13-4-2-1-3-5-13)19-7-6-14-12-24-16(21-14)15-11-17-8-9-18-15/h1-5,8-9,11-12,19-20H,6-7,10H2. The van der Waals surface area contributed by atoms with Gasteiger partial charge in [0.1, 0.15) is 10.7 Å². The fraction of sp³-hybridized carbons (Fsp3) is 0.188. The normalized spacial score (nSPS) is 11.5. The Labute approximate surface area is 150 Å². The Morgan fingerprint density at radius 3 is 2.68 bits per heavy atom. The summed E-state index contributed by atoms with van der Waals surface area (Å²) >= 11 is 1.46. The maximum absolute atomic E-state index is 12.0. The van der Waals surface area contributed by atoms with Crippen LogP contribution in [0.15, 0.2) is 54.3 Å². The Morgan fingerprint density at radius 2 is 1.92 bits per heavy atom. The summed E-state index contributed by atoms with van der Waals surface area (Å²) < 4.78 is 29.0. The zero-order valence-corrected chi connectivity index (χ0v) is 14.9. The second-order valence-corrected chi connectivity index (χ2v) is 7.63. The van der Waals surface area contributed by atoms with Gasteiger partial charge in [0.2, 0.25) is 0 Å². The molecule has 7 nitrogen and oxygen atoms in total. The number of hydrogen-bond acceptors (Lipinski definition) is 6. The number of thiazole rings is 1. The van der Waals surface area contributed by atoms with E-state index in [1.54, 1.807) is 18.6 Å². The molecule has 9 heteroatoms. The van der Waals surface area contributed by atoms with E-state index >= 15 is 0 Å². The van der Waals surface area contributed by atoms with Gasteiger partial charge in [-0.15, -0.1) is 11.3 Å². The summed E-state index contributed by atoms with van der Waals surface area (Å²) in [5, 5.41) is 2.67. The van der Waals surface area contributed by atoms with Gasteiger partial charge >= 0.3 is 0 Å². The van der Waals surface area contributed by atoms with Crippen molar-refractivity contribution in [3.63, 3.8) is 0 Å². The van der Waals surface area contributed by atoms with Crippen LogP contribution in [0.2, 0.25) is 0 Å². The summed E-state index contributed by atoms with van der Waals surface area (Å²) in [4.78, 5) is 12.7. The molecule has 0 aliphatic carbocycles. The number of hydrogen-bond donors (Lipinski definition) is 2. The minimum Gasteiger partial charge on any atom is -0.261 e. The van der Waals surface area contributed by atoms with Crippen LogP contribution in [0.3, 0.4) is 0 Å². The molecule has 0 aliphatic rings. The molecule has 0 unspecified atom stereocenters. The molecule has 0 fully saturated rings. The maximum Gasteiger partial charge on any atom is 0.277 e. The first-order chi connectivity index (χ1) is 12.1. The third-order valence-electron chi connectivity index (χ3n) is 3.32. The molecule has 0 saturated heterocycles. The molecule has 0 radical (unpaired) electrons. The Bertz CT molecular complexity index is 899. The Kier molecular flexibility index (Phi) is 5.82. The van der Waals surface area contributed by atoms with Crippen molar-refractivity contribution >= 4 is 21.5 Å². The second-order valence-electron chi connectivity index (χ2n) is 5.19. The average molecular weight is 375 g/mol. The molecule has 2 heterocycles. The van der Waals surface area contributed by atoms with Gasteiger partial charge in [-0.3, -0.25) is 9.97 Å². The first-order valence-electron chi connectivity index (χ1n) is 7.61. The fourth-order valence-corrected chi connectivity index (χ4v) is 3.73. The average Bonchev–Trinajstić information content (AvgIpc) is 3.11. The lowest BCUT2D eigenvalue weighted by atomic mass is 10.2.